The van der Waals surface area contributed by atoms with E-state index in [1.807, 2.05) is 12.1 Å². The highest BCUT2D eigenvalue weighted by molar-refractivity contribution is 5.34. The van der Waals surface area contributed by atoms with Crippen molar-refractivity contribution >= 4 is 5.69 Å². The standard InChI is InChI=1S/C17H20N2O2/c1-12-6-4-5-7-17(12)14(3)18-13(2)15-8-10-16(11-9-15)19(20)21/h4-11,13-14,18H,1-3H3/t13?,14-/m1/s1. The number of nitro groups is 1. The van der Waals surface area contributed by atoms with Crippen molar-refractivity contribution in [3.63, 3.8) is 0 Å². The van der Waals surface area contributed by atoms with Crippen molar-refractivity contribution in [1.82, 2.24) is 5.32 Å². The molecule has 0 spiro atoms. The molecular weight excluding hydrogens is 264 g/mol. The normalized spacial score (nSPS) is 13.7. The Morgan fingerprint density at radius 2 is 1.62 bits per heavy atom. The molecule has 2 atom stereocenters. The molecule has 0 saturated heterocycles. The van der Waals surface area contributed by atoms with E-state index in [9.17, 15) is 10.1 Å². The van der Waals surface area contributed by atoms with Crippen LogP contribution >= 0.6 is 0 Å². The zero-order valence-corrected chi connectivity index (χ0v) is 12.5. The first-order chi connectivity index (χ1) is 9.99. The molecule has 1 N–H and O–H groups in total. The van der Waals surface area contributed by atoms with Gasteiger partial charge in [-0.05, 0) is 37.5 Å². The van der Waals surface area contributed by atoms with Gasteiger partial charge in [-0.3, -0.25) is 10.1 Å². The lowest BCUT2D eigenvalue weighted by Crippen LogP contribution is -2.23. The molecule has 0 fully saturated rings. The fourth-order valence-electron chi connectivity index (χ4n) is 2.52. The number of aryl methyl sites for hydroxylation is 1. The Kier molecular flexibility index (Phi) is 4.70. The van der Waals surface area contributed by atoms with Crippen LogP contribution < -0.4 is 5.32 Å². The van der Waals surface area contributed by atoms with Gasteiger partial charge in [0, 0.05) is 24.2 Å². The van der Waals surface area contributed by atoms with Gasteiger partial charge in [-0.1, -0.05) is 36.4 Å². The molecule has 0 saturated carbocycles. The number of nitrogens with zero attached hydrogens (tertiary/aromatic N) is 1. The zero-order chi connectivity index (χ0) is 15.4. The summed E-state index contributed by atoms with van der Waals surface area (Å²) >= 11 is 0. The third kappa shape index (κ3) is 3.67. The molecule has 0 aromatic heterocycles. The van der Waals surface area contributed by atoms with Crippen molar-refractivity contribution in [3.05, 3.63) is 75.3 Å². The average Bonchev–Trinajstić information content (AvgIpc) is 2.47. The summed E-state index contributed by atoms with van der Waals surface area (Å²) in [6.45, 7) is 6.30. The molecule has 4 nitrogen and oxygen atoms in total. The topological polar surface area (TPSA) is 55.2 Å². The Morgan fingerprint density at radius 3 is 2.19 bits per heavy atom. The number of nitrogens with one attached hydrogen (secondary N) is 1. The molecule has 2 rings (SSSR count). The molecule has 1 unspecified atom stereocenters. The van der Waals surface area contributed by atoms with Gasteiger partial charge in [0.1, 0.15) is 0 Å². The van der Waals surface area contributed by atoms with Crippen molar-refractivity contribution in [2.24, 2.45) is 0 Å². The van der Waals surface area contributed by atoms with Gasteiger partial charge in [0.15, 0.2) is 0 Å². The molecule has 0 amide bonds. The zero-order valence-electron chi connectivity index (χ0n) is 12.5. The quantitative estimate of drug-likeness (QED) is 0.657. The van der Waals surface area contributed by atoms with E-state index in [4.69, 9.17) is 0 Å². The second kappa shape index (κ2) is 6.50. The monoisotopic (exact) mass is 284 g/mol. The number of rotatable bonds is 5. The van der Waals surface area contributed by atoms with Gasteiger partial charge in [0.05, 0.1) is 4.92 Å². The van der Waals surface area contributed by atoms with Gasteiger partial charge in [-0.15, -0.1) is 0 Å². The van der Waals surface area contributed by atoms with Crippen molar-refractivity contribution < 1.29 is 4.92 Å². The number of hydrogen-bond donors (Lipinski definition) is 1. The summed E-state index contributed by atoms with van der Waals surface area (Å²) in [5.74, 6) is 0. The SMILES string of the molecule is Cc1ccccc1[C@@H](C)NC(C)c1ccc([N+](=O)[O-])cc1. The van der Waals surface area contributed by atoms with E-state index in [0.29, 0.717) is 0 Å². The molecule has 110 valence electrons. The van der Waals surface area contributed by atoms with E-state index >= 15 is 0 Å². The number of nitro benzene ring substituents is 1. The van der Waals surface area contributed by atoms with Crippen LogP contribution in [0.25, 0.3) is 0 Å². The number of benzene rings is 2. The average molecular weight is 284 g/mol. The summed E-state index contributed by atoms with van der Waals surface area (Å²) < 4.78 is 0. The van der Waals surface area contributed by atoms with E-state index in [1.165, 1.54) is 11.1 Å². The Morgan fingerprint density at radius 1 is 1.00 bits per heavy atom. The molecule has 0 radical (unpaired) electrons. The first-order valence-corrected chi connectivity index (χ1v) is 7.05. The molecule has 0 bridgehead atoms. The van der Waals surface area contributed by atoms with Crippen LogP contribution in [0.2, 0.25) is 0 Å². The summed E-state index contributed by atoms with van der Waals surface area (Å²) in [5, 5.41) is 14.2. The summed E-state index contributed by atoms with van der Waals surface area (Å²) in [5.41, 5.74) is 3.69. The smallest absolute Gasteiger partial charge is 0.269 e. The molecule has 0 aliphatic heterocycles. The lowest BCUT2D eigenvalue weighted by molar-refractivity contribution is -0.384. The van der Waals surface area contributed by atoms with E-state index in [2.05, 4.69) is 38.2 Å². The lowest BCUT2D eigenvalue weighted by atomic mass is 10.0. The second-order valence-electron chi connectivity index (χ2n) is 5.32. The van der Waals surface area contributed by atoms with E-state index in [0.717, 1.165) is 5.56 Å². The van der Waals surface area contributed by atoms with Gasteiger partial charge in [0.25, 0.3) is 5.69 Å². The molecular formula is C17H20N2O2. The maximum absolute atomic E-state index is 10.7. The van der Waals surface area contributed by atoms with Crippen molar-refractivity contribution in [3.8, 4) is 0 Å². The summed E-state index contributed by atoms with van der Waals surface area (Å²) in [4.78, 5) is 10.3. The highest BCUT2D eigenvalue weighted by Gasteiger charge is 2.13. The summed E-state index contributed by atoms with van der Waals surface area (Å²) in [7, 11) is 0. The van der Waals surface area contributed by atoms with E-state index < -0.39 is 0 Å². The largest absolute Gasteiger partial charge is 0.304 e. The number of non-ortho nitro benzene ring substituents is 1. The first kappa shape index (κ1) is 15.2. The minimum atomic E-state index is -0.377. The minimum Gasteiger partial charge on any atom is -0.304 e. The van der Waals surface area contributed by atoms with Gasteiger partial charge < -0.3 is 5.32 Å². The van der Waals surface area contributed by atoms with Crippen LogP contribution in [0.4, 0.5) is 5.69 Å². The highest BCUT2D eigenvalue weighted by atomic mass is 16.6. The third-order valence-corrected chi connectivity index (χ3v) is 3.76. The second-order valence-corrected chi connectivity index (χ2v) is 5.32. The van der Waals surface area contributed by atoms with Crippen LogP contribution in [0.3, 0.4) is 0 Å². The van der Waals surface area contributed by atoms with Gasteiger partial charge in [0.2, 0.25) is 0 Å². The van der Waals surface area contributed by atoms with Crippen LogP contribution in [0.5, 0.6) is 0 Å². The minimum absolute atomic E-state index is 0.123. The first-order valence-electron chi connectivity index (χ1n) is 7.05. The molecule has 4 heteroatoms. The van der Waals surface area contributed by atoms with Crippen LogP contribution in [0.15, 0.2) is 48.5 Å². The maximum Gasteiger partial charge on any atom is 0.269 e. The Bertz CT molecular complexity index is 623. The van der Waals surface area contributed by atoms with Gasteiger partial charge in [-0.25, -0.2) is 0 Å². The molecule has 0 heterocycles. The van der Waals surface area contributed by atoms with E-state index in [1.54, 1.807) is 24.3 Å². The van der Waals surface area contributed by atoms with Crippen molar-refractivity contribution in [1.29, 1.82) is 0 Å². The Hall–Kier alpha value is -2.20. The van der Waals surface area contributed by atoms with Crippen molar-refractivity contribution in [2.75, 3.05) is 0 Å². The summed E-state index contributed by atoms with van der Waals surface area (Å²) in [6.07, 6.45) is 0. The van der Waals surface area contributed by atoms with Crippen LogP contribution in [-0.4, -0.2) is 4.92 Å². The van der Waals surface area contributed by atoms with Gasteiger partial charge in [-0.2, -0.15) is 0 Å². The third-order valence-electron chi connectivity index (χ3n) is 3.76. The van der Waals surface area contributed by atoms with Crippen LogP contribution in [-0.2, 0) is 0 Å². The molecule has 2 aromatic rings. The molecule has 0 aliphatic carbocycles. The van der Waals surface area contributed by atoms with Crippen molar-refractivity contribution in [2.45, 2.75) is 32.9 Å². The highest BCUT2D eigenvalue weighted by Crippen LogP contribution is 2.23. The molecule has 2 aromatic carbocycles. The number of hydrogen-bond acceptors (Lipinski definition) is 3. The fourth-order valence-corrected chi connectivity index (χ4v) is 2.52. The Labute approximate surface area is 125 Å². The Balaban J connectivity index is 2.09. The van der Waals surface area contributed by atoms with Crippen LogP contribution in [0, 0.1) is 17.0 Å². The summed E-state index contributed by atoms with van der Waals surface area (Å²) in [6, 6.07) is 15.3. The maximum atomic E-state index is 10.7. The predicted molar refractivity (Wildman–Crippen MR) is 84.2 cm³/mol. The molecule has 21 heavy (non-hydrogen) atoms. The lowest BCUT2D eigenvalue weighted by Gasteiger charge is -2.22. The van der Waals surface area contributed by atoms with Gasteiger partial charge >= 0.3 is 0 Å². The van der Waals surface area contributed by atoms with Crippen LogP contribution in [0.1, 0.15) is 42.6 Å². The van der Waals surface area contributed by atoms with E-state index in [-0.39, 0.29) is 22.7 Å². The predicted octanol–water partition coefficient (Wildman–Crippen LogP) is 4.32. The molecule has 0 aliphatic rings. The fraction of sp³-hybridized carbons (Fsp3) is 0.294.